The summed E-state index contributed by atoms with van der Waals surface area (Å²) in [5, 5.41) is 12.0. The number of aryl methyl sites for hydroxylation is 1. The van der Waals surface area contributed by atoms with Crippen LogP contribution in [0.2, 0.25) is 5.02 Å². The van der Waals surface area contributed by atoms with Crippen molar-refractivity contribution in [1.29, 1.82) is 0 Å². The van der Waals surface area contributed by atoms with Gasteiger partial charge in [0.25, 0.3) is 0 Å². The second kappa shape index (κ2) is 9.75. The number of hydrogen-bond acceptors (Lipinski definition) is 3. The molecule has 1 N–H and O–H groups in total. The average Bonchev–Trinajstić information content (AvgIpc) is 3.07. The molecule has 0 aliphatic carbocycles. The molecule has 1 heterocycles. The molecule has 5 nitrogen and oxygen atoms in total. The summed E-state index contributed by atoms with van der Waals surface area (Å²) in [4.78, 5) is 11.1. The Morgan fingerprint density at radius 1 is 0.839 bits per heavy atom. The van der Waals surface area contributed by atoms with Crippen molar-refractivity contribution >= 4 is 39.4 Å². The molecule has 0 fully saturated rings. The Morgan fingerprint density at radius 2 is 1.55 bits per heavy atom. The summed E-state index contributed by atoms with van der Waals surface area (Å²) in [5.74, 6) is 0.744. The molecule has 3 aromatic carbocycles. The Balaban J connectivity index is 1.38. The van der Waals surface area contributed by atoms with Crippen LogP contribution in [0.4, 0.5) is 0 Å². The Bertz CT molecular complexity index is 1200. The third-order valence-electron chi connectivity index (χ3n) is 5.17. The van der Waals surface area contributed by atoms with Crippen LogP contribution < -0.4 is 9.47 Å². The Labute approximate surface area is 185 Å². The maximum Gasteiger partial charge on any atom is 0.305 e. The highest BCUT2D eigenvalue weighted by Crippen LogP contribution is 2.31. The van der Waals surface area contributed by atoms with Crippen molar-refractivity contribution in [2.45, 2.75) is 25.8 Å². The second-order valence-electron chi connectivity index (χ2n) is 7.35. The van der Waals surface area contributed by atoms with Crippen LogP contribution in [-0.2, 0) is 11.3 Å². The summed E-state index contributed by atoms with van der Waals surface area (Å²) in [6.45, 7) is 1.61. The van der Waals surface area contributed by atoms with Gasteiger partial charge in [0.2, 0.25) is 0 Å². The largest absolute Gasteiger partial charge is 0.494 e. The van der Waals surface area contributed by atoms with Crippen LogP contribution in [0.15, 0.2) is 66.7 Å². The fourth-order valence-corrected chi connectivity index (χ4v) is 3.89. The Hall–Kier alpha value is -3.18. The fourth-order valence-electron chi connectivity index (χ4n) is 3.71. The summed E-state index contributed by atoms with van der Waals surface area (Å²) >= 11 is 5.96. The lowest BCUT2D eigenvalue weighted by Crippen LogP contribution is -2.05. The van der Waals surface area contributed by atoms with E-state index in [2.05, 4.69) is 10.6 Å². The molecule has 0 saturated carbocycles. The number of unbranched alkanes of at least 4 members (excludes halogenated alkanes) is 1. The summed E-state index contributed by atoms with van der Waals surface area (Å²) in [6, 6.07) is 21.5. The first-order valence-electron chi connectivity index (χ1n) is 10.4. The highest BCUT2D eigenvalue weighted by atomic mass is 35.5. The van der Waals surface area contributed by atoms with Gasteiger partial charge in [-0.25, -0.2) is 0 Å². The first-order valence-corrected chi connectivity index (χ1v) is 10.7. The van der Waals surface area contributed by atoms with E-state index < -0.39 is 5.97 Å². The van der Waals surface area contributed by atoms with E-state index >= 15 is 0 Å². The van der Waals surface area contributed by atoms with Crippen LogP contribution in [0.5, 0.6) is 11.5 Å². The minimum absolute atomic E-state index is 0.0749. The minimum Gasteiger partial charge on any atom is -0.494 e. The van der Waals surface area contributed by atoms with Gasteiger partial charge in [-0.2, -0.15) is 0 Å². The summed E-state index contributed by atoms with van der Waals surface area (Å²) in [6.07, 6.45) is 1.81. The highest BCUT2D eigenvalue weighted by molar-refractivity contribution is 6.30. The van der Waals surface area contributed by atoms with Crippen LogP contribution in [0.1, 0.15) is 19.3 Å². The molecule has 0 spiro atoms. The van der Waals surface area contributed by atoms with Gasteiger partial charge < -0.3 is 19.1 Å². The first-order chi connectivity index (χ1) is 15.1. The molecule has 0 radical (unpaired) electrons. The summed E-state index contributed by atoms with van der Waals surface area (Å²) in [7, 11) is 0. The van der Waals surface area contributed by atoms with Crippen LogP contribution >= 0.6 is 11.6 Å². The number of aromatic nitrogens is 1. The number of nitrogens with zero attached hydrogens (tertiary/aromatic N) is 1. The Kier molecular flexibility index (Phi) is 6.63. The molecule has 0 atom stereocenters. The average molecular weight is 438 g/mol. The lowest BCUT2D eigenvalue weighted by Gasteiger charge is -2.09. The van der Waals surface area contributed by atoms with Gasteiger partial charge in [-0.05, 0) is 49.2 Å². The van der Waals surface area contributed by atoms with Crippen molar-refractivity contribution in [2.75, 3.05) is 13.2 Å². The van der Waals surface area contributed by atoms with Gasteiger partial charge in [-0.3, -0.25) is 4.79 Å². The van der Waals surface area contributed by atoms with Crippen molar-refractivity contribution in [2.24, 2.45) is 0 Å². The fraction of sp³-hybridized carbons (Fsp3) is 0.240. The molecule has 0 saturated heterocycles. The van der Waals surface area contributed by atoms with Crippen molar-refractivity contribution in [3.05, 3.63) is 71.8 Å². The molecule has 0 aliphatic heterocycles. The van der Waals surface area contributed by atoms with E-state index in [4.69, 9.17) is 26.2 Å². The summed E-state index contributed by atoms with van der Waals surface area (Å²) < 4.78 is 13.7. The number of hydrogen-bond donors (Lipinski definition) is 1. The number of benzene rings is 3. The number of aliphatic carboxylic acids is 1. The summed E-state index contributed by atoms with van der Waals surface area (Å²) in [5.41, 5.74) is 2.03. The molecule has 0 amide bonds. The third-order valence-corrected chi connectivity index (χ3v) is 5.40. The second-order valence-corrected chi connectivity index (χ2v) is 7.79. The molecule has 31 heavy (non-hydrogen) atoms. The zero-order valence-corrected chi connectivity index (χ0v) is 17.8. The van der Waals surface area contributed by atoms with E-state index in [9.17, 15) is 4.79 Å². The maximum atomic E-state index is 11.1. The zero-order valence-electron chi connectivity index (χ0n) is 17.1. The lowest BCUT2D eigenvalue weighted by molar-refractivity contribution is -0.137. The third kappa shape index (κ3) is 5.12. The van der Waals surface area contributed by atoms with Gasteiger partial charge in [0, 0.05) is 33.9 Å². The highest BCUT2D eigenvalue weighted by Gasteiger charge is 2.12. The van der Waals surface area contributed by atoms with Gasteiger partial charge in [0.15, 0.2) is 0 Å². The predicted octanol–water partition coefficient (Wildman–Crippen LogP) is 6.16. The van der Waals surface area contributed by atoms with Gasteiger partial charge in [-0.1, -0.05) is 35.9 Å². The van der Waals surface area contributed by atoms with E-state index in [1.54, 1.807) is 6.07 Å². The number of carboxylic acid groups (broad SMARTS) is 1. The minimum atomic E-state index is -0.807. The van der Waals surface area contributed by atoms with E-state index in [1.165, 1.54) is 0 Å². The Morgan fingerprint density at radius 3 is 2.29 bits per heavy atom. The SMILES string of the molecule is O=C(O)CCn1c2ccccc2c2ccc(OCCCCOc3cccc(Cl)c3)cc21. The molecule has 0 aliphatic rings. The van der Waals surface area contributed by atoms with Crippen molar-refractivity contribution in [1.82, 2.24) is 4.57 Å². The molecule has 6 heteroatoms. The standard InChI is InChI=1S/C25H24ClNO4/c26-18-6-5-7-19(16-18)30-14-3-4-15-31-20-10-11-22-21-8-1-2-9-23(21)27(24(22)17-20)13-12-25(28)29/h1-2,5-11,16-17H,3-4,12-15H2,(H,28,29). The number of para-hydroxylation sites is 1. The predicted molar refractivity (Wildman–Crippen MR) is 123 cm³/mol. The quantitative estimate of drug-likeness (QED) is 0.302. The van der Waals surface area contributed by atoms with Gasteiger partial charge in [0.1, 0.15) is 11.5 Å². The van der Waals surface area contributed by atoms with E-state index in [0.29, 0.717) is 24.8 Å². The van der Waals surface area contributed by atoms with E-state index in [0.717, 1.165) is 46.1 Å². The number of fused-ring (bicyclic) bond motifs is 3. The van der Waals surface area contributed by atoms with Gasteiger partial charge in [-0.15, -0.1) is 0 Å². The van der Waals surface area contributed by atoms with Crippen LogP contribution in [0, 0.1) is 0 Å². The first kappa shape index (κ1) is 21.1. The number of rotatable bonds is 10. The number of halogens is 1. The molecular weight excluding hydrogens is 414 g/mol. The maximum absolute atomic E-state index is 11.1. The molecule has 0 bridgehead atoms. The monoisotopic (exact) mass is 437 g/mol. The normalized spacial score (nSPS) is 11.1. The molecule has 0 unspecified atom stereocenters. The van der Waals surface area contributed by atoms with Crippen LogP contribution in [-0.4, -0.2) is 28.9 Å². The number of ether oxygens (including phenoxy) is 2. The number of carboxylic acids is 1. The molecule has 160 valence electrons. The van der Waals surface area contributed by atoms with Gasteiger partial charge >= 0.3 is 5.97 Å². The lowest BCUT2D eigenvalue weighted by atomic mass is 10.1. The molecule has 1 aromatic heterocycles. The van der Waals surface area contributed by atoms with E-state index in [1.807, 2.05) is 54.6 Å². The van der Waals surface area contributed by atoms with Crippen LogP contribution in [0.25, 0.3) is 21.8 Å². The van der Waals surface area contributed by atoms with Gasteiger partial charge in [0.05, 0.1) is 25.2 Å². The van der Waals surface area contributed by atoms with Crippen molar-refractivity contribution in [3.63, 3.8) is 0 Å². The zero-order chi connectivity index (χ0) is 21.6. The van der Waals surface area contributed by atoms with Crippen molar-refractivity contribution in [3.8, 4) is 11.5 Å². The topological polar surface area (TPSA) is 60.7 Å². The van der Waals surface area contributed by atoms with Crippen molar-refractivity contribution < 1.29 is 19.4 Å². The molecule has 4 rings (SSSR count). The van der Waals surface area contributed by atoms with E-state index in [-0.39, 0.29) is 6.42 Å². The molecule has 4 aromatic rings. The number of carbonyl (C=O) groups is 1. The molecular formula is C25H24ClNO4. The van der Waals surface area contributed by atoms with Crippen LogP contribution in [0.3, 0.4) is 0 Å². The smallest absolute Gasteiger partial charge is 0.305 e.